The van der Waals surface area contributed by atoms with Gasteiger partial charge in [-0.15, -0.1) is 0 Å². The van der Waals surface area contributed by atoms with Crippen molar-refractivity contribution in [2.24, 2.45) is 5.73 Å². The Kier molecular flexibility index (Phi) is 6.13. The molecule has 3 aromatic rings. The van der Waals surface area contributed by atoms with Gasteiger partial charge >= 0.3 is 0 Å². The summed E-state index contributed by atoms with van der Waals surface area (Å²) in [6.45, 7) is 4.73. The van der Waals surface area contributed by atoms with Crippen molar-refractivity contribution in [1.29, 1.82) is 0 Å². The minimum absolute atomic E-state index is 0.238. The predicted molar refractivity (Wildman–Crippen MR) is 124 cm³/mol. The average molecular weight is 425 g/mol. The van der Waals surface area contributed by atoms with E-state index in [9.17, 15) is 0 Å². The van der Waals surface area contributed by atoms with E-state index in [-0.39, 0.29) is 6.04 Å². The minimum atomic E-state index is 0.238. The highest BCUT2D eigenvalue weighted by Gasteiger charge is 2.21. The predicted octanol–water partition coefficient (Wildman–Crippen LogP) is 3.29. The van der Waals surface area contributed by atoms with Gasteiger partial charge in [0.05, 0.1) is 13.4 Å². The number of rotatable bonds is 7. The SMILES string of the molecule is COc1ccc(N)c(CNc2nc(NC3CCC(N)CC3)nc3c2ncn3C(C)C)c1. The van der Waals surface area contributed by atoms with Crippen LogP contribution in [0.2, 0.25) is 0 Å². The third kappa shape index (κ3) is 4.66. The van der Waals surface area contributed by atoms with Gasteiger partial charge in [-0.05, 0) is 63.3 Å². The maximum atomic E-state index is 6.16. The number of anilines is 3. The average Bonchev–Trinajstić information content (AvgIpc) is 3.19. The summed E-state index contributed by atoms with van der Waals surface area (Å²) in [5.41, 5.74) is 15.4. The standard InChI is InChI=1S/C22H32N8O/c1-13(2)30-12-26-19-20(25-11-14-10-17(31-3)8-9-18(14)24)28-22(29-21(19)30)27-16-6-4-15(23)5-7-16/h8-10,12-13,15-16H,4-7,11,23-24H2,1-3H3,(H2,25,27,28,29). The molecule has 0 unspecified atom stereocenters. The molecule has 0 amide bonds. The Balaban J connectivity index is 1.63. The van der Waals surface area contributed by atoms with Gasteiger partial charge in [0.25, 0.3) is 0 Å². The zero-order valence-corrected chi connectivity index (χ0v) is 18.4. The Morgan fingerprint density at radius 2 is 1.97 bits per heavy atom. The number of benzene rings is 1. The first kappa shape index (κ1) is 21.2. The fourth-order valence-electron chi connectivity index (χ4n) is 3.97. The molecule has 0 aliphatic heterocycles. The number of hydrogen-bond donors (Lipinski definition) is 4. The number of nitrogens with zero attached hydrogens (tertiary/aromatic N) is 4. The summed E-state index contributed by atoms with van der Waals surface area (Å²) in [7, 11) is 1.64. The molecule has 9 nitrogen and oxygen atoms in total. The van der Waals surface area contributed by atoms with Gasteiger partial charge in [-0.2, -0.15) is 9.97 Å². The van der Waals surface area contributed by atoms with Crippen LogP contribution in [0.5, 0.6) is 5.75 Å². The smallest absolute Gasteiger partial charge is 0.227 e. The van der Waals surface area contributed by atoms with E-state index in [2.05, 4.69) is 34.0 Å². The van der Waals surface area contributed by atoms with Gasteiger partial charge in [-0.3, -0.25) is 0 Å². The van der Waals surface area contributed by atoms with Crippen molar-refractivity contribution >= 4 is 28.6 Å². The van der Waals surface area contributed by atoms with Gasteiger partial charge in [0.2, 0.25) is 5.95 Å². The molecule has 31 heavy (non-hydrogen) atoms. The van der Waals surface area contributed by atoms with Crippen molar-refractivity contribution in [2.75, 3.05) is 23.5 Å². The highest BCUT2D eigenvalue weighted by Crippen LogP contribution is 2.27. The summed E-state index contributed by atoms with van der Waals surface area (Å²) < 4.78 is 7.39. The molecular weight excluding hydrogens is 392 g/mol. The summed E-state index contributed by atoms with van der Waals surface area (Å²) in [6.07, 6.45) is 5.90. The highest BCUT2D eigenvalue weighted by molar-refractivity contribution is 5.84. The number of hydrogen-bond acceptors (Lipinski definition) is 8. The van der Waals surface area contributed by atoms with Gasteiger partial charge in [0.1, 0.15) is 5.75 Å². The summed E-state index contributed by atoms with van der Waals surface area (Å²) in [6, 6.07) is 6.49. The summed E-state index contributed by atoms with van der Waals surface area (Å²) in [5.74, 6) is 2.05. The van der Waals surface area contributed by atoms with E-state index in [1.807, 2.05) is 24.5 Å². The first-order valence-corrected chi connectivity index (χ1v) is 10.9. The van der Waals surface area contributed by atoms with Crippen LogP contribution < -0.4 is 26.8 Å². The van der Waals surface area contributed by atoms with Crippen LogP contribution in [0.4, 0.5) is 17.5 Å². The van der Waals surface area contributed by atoms with Gasteiger partial charge in [-0.25, -0.2) is 4.98 Å². The molecule has 4 rings (SSSR count). The highest BCUT2D eigenvalue weighted by atomic mass is 16.5. The van der Waals surface area contributed by atoms with Gasteiger partial charge < -0.3 is 31.4 Å². The van der Waals surface area contributed by atoms with Crippen molar-refractivity contribution < 1.29 is 4.74 Å². The molecule has 166 valence electrons. The lowest BCUT2D eigenvalue weighted by Gasteiger charge is -2.27. The van der Waals surface area contributed by atoms with E-state index in [0.717, 1.165) is 48.2 Å². The van der Waals surface area contributed by atoms with Crippen LogP contribution in [0.1, 0.15) is 51.1 Å². The summed E-state index contributed by atoms with van der Waals surface area (Å²) in [5, 5.41) is 6.92. The second kappa shape index (κ2) is 8.97. The number of methoxy groups -OCH3 is 1. The third-order valence-corrected chi connectivity index (χ3v) is 5.88. The summed E-state index contributed by atoms with van der Waals surface area (Å²) >= 11 is 0. The van der Waals surface area contributed by atoms with Crippen molar-refractivity contribution in [2.45, 2.75) is 64.2 Å². The maximum Gasteiger partial charge on any atom is 0.227 e. The topological polar surface area (TPSA) is 129 Å². The molecule has 0 atom stereocenters. The number of nitrogens with two attached hydrogens (primary N) is 2. The molecule has 1 aliphatic carbocycles. The molecule has 6 N–H and O–H groups in total. The van der Waals surface area contributed by atoms with Crippen LogP contribution in [-0.2, 0) is 6.54 Å². The normalized spacial score (nSPS) is 19.0. The second-order valence-corrected chi connectivity index (χ2v) is 8.49. The van der Waals surface area contributed by atoms with Crippen LogP contribution in [0.3, 0.4) is 0 Å². The van der Waals surface area contributed by atoms with Crippen LogP contribution in [-0.4, -0.2) is 38.7 Å². The van der Waals surface area contributed by atoms with Gasteiger partial charge in [-0.1, -0.05) is 0 Å². The van der Waals surface area contributed by atoms with Crippen molar-refractivity contribution in [1.82, 2.24) is 19.5 Å². The number of imidazole rings is 1. The molecule has 0 spiro atoms. The van der Waals surface area contributed by atoms with Crippen molar-refractivity contribution in [3.05, 3.63) is 30.1 Å². The van der Waals surface area contributed by atoms with Crippen molar-refractivity contribution in [3.63, 3.8) is 0 Å². The van der Waals surface area contributed by atoms with Crippen LogP contribution in [0.25, 0.3) is 11.2 Å². The van der Waals surface area contributed by atoms with Gasteiger partial charge in [0.15, 0.2) is 17.0 Å². The van der Waals surface area contributed by atoms with Crippen LogP contribution >= 0.6 is 0 Å². The second-order valence-electron chi connectivity index (χ2n) is 8.49. The lowest BCUT2D eigenvalue weighted by Crippen LogP contribution is -2.33. The molecular formula is C22H32N8O. The van der Waals surface area contributed by atoms with E-state index in [0.29, 0.717) is 36.1 Å². The molecule has 2 aromatic heterocycles. The van der Waals surface area contributed by atoms with Crippen LogP contribution in [0.15, 0.2) is 24.5 Å². The molecule has 0 radical (unpaired) electrons. The molecule has 1 aliphatic rings. The van der Waals surface area contributed by atoms with E-state index in [4.69, 9.17) is 26.2 Å². The Bertz CT molecular complexity index is 1040. The Morgan fingerprint density at radius 3 is 2.68 bits per heavy atom. The number of ether oxygens (including phenoxy) is 1. The zero-order valence-electron chi connectivity index (χ0n) is 18.4. The van der Waals surface area contributed by atoms with E-state index in [1.54, 1.807) is 7.11 Å². The third-order valence-electron chi connectivity index (χ3n) is 5.88. The van der Waals surface area contributed by atoms with E-state index >= 15 is 0 Å². The fourth-order valence-corrected chi connectivity index (χ4v) is 3.97. The zero-order chi connectivity index (χ0) is 22.0. The maximum absolute atomic E-state index is 6.16. The Labute approximate surface area is 182 Å². The largest absolute Gasteiger partial charge is 0.497 e. The first-order chi connectivity index (χ1) is 14.9. The molecule has 1 saturated carbocycles. The van der Waals surface area contributed by atoms with Crippen molar-refractivity contribution in [3.8, 4) is 5.75 Å². The Morgan fingerprint density at radius 1 is 1.19 bits per heavy atom. The molecule has 1 fully saturated rings. The van der Waals surface area contributed by atoms with E-state index in [1.165, 1.54) is 0 Å². The quantitative estimate of drug-likeness (QED) is 0.425. The minimum Gasteiger partial charge on any atom is -0.497 e. The van der Waals surface area contributed by atoms with E-state index < -0.39 is 0 Å². The number of nitrogen functional groups attached to an aromatic ring is 1. The number of nitrogens with one attached hydrogen (secondary N) is 2. The number of fused-ring (bicyclic) bond motifs is 1. The molecule has 2 heterocycles. The summed E-state index contributed by atoms with van der Waals surface area (Å²) in [4.78, 5) is 14.1. The fraction of sp³-hybridized carbons (Fsp3) is 0.500. The monoisotopic (exact) mass is 424 g/mol. The van der Waals surface area contributed by atoms with Gasteiger partial charge in [0, 0.05) is 30.4 Å². The number of aromatic nitrogens is 4. The lowest BCUT2D eigenvalue weighted by molar-refractivity contribution is 0.410. The molecule has 0 saturated heterocycles. The molecule has 1 aromatic carbocycles. The van der Waals surface area contributed by atoms with Crippen LogP contribution in [0, 0.1) is 0 Å². The Hall–Kier alpha value is -3.07. The lowest BCUT2D eigenvalue weighted by atomic mass is 9.92. The molecule has 0 bridgehead atoms. The molecule has 9 heteroatoms. The first-order valence-electron chi connectivity index (χ1n) is 10.9.